The van der Waals surface area contributed by atoms with Crippen LogP contribution < -0.4 is 0 Å². The Hall–Kier alpha value is -0.570. The fraction of sp³-hybridized carbons (Fsp3) is 0.933. The Morgan fingerprint density at radius 2 is 1.39 bits per heavy atom. The summed E-state index contributed by atoms with van der Waals surface area (Å²) in [5.74, 6) is -0.683. The van der Waals surface area contributed by atoms with Crippen LogP contribution in [0.5, 0.6) is 0 Å². The molecule has 108 valence electrons. The largest absolute Gasteiger partial charge is 0.481 e. The van der Waals surface area contributed by atoms with Crippen LogP contribution in [0.3, 0.4) is 0 Å². The zero-order chi connectivity index (χ0) is 13.9. The third kappa shape index (κ3) is 11.9. The summed E-state index contributed by atoms with van der Waals surface area (Å²) in [6.07, 6.45) is 11.0. The van der Waals surface area contributed by atoms with Gasteiger partial charge < -0.3 is 9.59 Å². The summed E-state index contributed by atoms with van der Waals surface area (Å²) in [6, 6.07) is 0. The first-order valence-corrected chi connectivity index (χ1v) is 7.52. The van der Waals surface area contributed by atoms with E-state index >= 15 is 0 Å². The highest BCUT2D eigenvalue weighted by molar-refractivity contribution is 5.66. The van der Waals surface area contributed by atoms with E-state index in [-0.39, 0.29) is 6.42 Å². The maximum Gasteiger partial charge on any atom is 0.309 e. The summed E-state index contributed by atoms with van der Waals surface area (Å²) in [5.41, 5.74) is 0. The van der Waals surface area contributed by atoms with E-state index in [0.29, 0.717) is 0 Å². The molecule has 0 aromatic rings. The van der Waals surface area contributed by atoms with E-state index in [1.54, 1.807) is 0 Å². The van der Waals surface area contributed by atoms with Gasteiger partial charge in [-0.05, 0) is 12.8 Å². The fourth-order valence-electron chi connectivity index (χ4n) is 2.18. The van der Waals surface area contributed by atoms with Crippen LogP contribution in [0.2, 0.25) is 0 Å². The molecule has 1 N–H and O–H groups in total. The highest BCUT2D eigenvalue weighted by Gasteiger charge is 2.15. The first kappa shape index (κ1) is 17.4. The summed E-state index contributed by atoms with van der Waals surface area (Å²) in [7, 11) is 4.26. The van der Waals surface area contributed by atoms with E-state index in [4.69, 9.17) is 5.11 Å². The van der Waals surface area contributed by atoms with Gasteiger partial charge in [0.1, 0.15) is 0 Å². The number of hydrogen-bond acceptors (Lipinski definition) is 1. The van der Waals surface area contributed by atoms with E-state index in [1.165, 1.54) is 51.4 Å². The second-order valence-corrected chi connectivity index (χ2v) is 6.00. The molecular weight excluding hydrogens is 226 g/mol. The monoisotopic (exact) mass is 258 g/mol. The van der Waals surface area contributed by atoms with Gasteiger partial charge in [0.15, 0.2) is 0 Å². The Bertz CT molecular complexity index is 215. The Morgan fingerprint density at radius 1 is 0.889 bits per heavy atom. The minimum atomic E-state index is -0.683. The minimum absolute atomic E-state index is 0.282. The number of unbranched alkanes of at least 4 members (excludes halogenated alkanes) is 7. The van der Waals surface area contributed by atoms with Crippen LogP contribution >= 0.6 is 0 Å². The van der Waals surface area contributed by atoms with Gasteiger partial charge in [-0.2, -0.15) is 0 Å². The molecule has 0 fully saturated rings. The van der Waals surface area contributed by atoms with Crippen molar-refractivity contribution in [2.45, 2.75) is 64.7 Å². The Kier molecular flexibility index (Phi) is 10.0. The molecule has 0 heterocycles. The number of hydrogen-bond donors (Lipinski definition) is 1. The van der Waals surface area contributed by atoms with Gasteiger partial charge in [-0.3, -0.25) is 4.79 Å². The van der Waals surface area contributed by atoms with Crippen LogP contribution in [0.25, 0.3) is 0 Å². The number of nitrogens with zero attached hydrogens (tertiary/aromatic N) is 1. The zero-order valence-corrected chi connectivity index (χ0v) is 12.6. The zero-order valence-electron chi connectivity index (χ0n) is 12.6. The van der Waals surface area contributed by atoms with Gasteiger partial charge in [-0.15, -0.1) is 0 Å². The quantitative estimate of drug-likeness (QED) is 0.428. The summed E-state index contributed by atoms with van der Waals surface area (Å²) < 4.78 is 0.835. The lowest BCUT2D eigenvalue weighted by atomic mass is 10.1. The summed E-state index contributed by atoms with van der Waals surface area (Å²) in [5, 5.41) is 8.68. The third-order valence-corrected chi connectivity index (χ3v) is 3.55. The second kappa shape index (κ2) is 10.4. The fourth-order valence-corrected chi connectivity index (χ4v) is 2.18. The SMILES string of the molecule is CCCCCCCCCC[N+](C)(C)CCC(=O)O. The minimum Gasteiger partial charge on any atom is -0.481 e. The molecule has 3 heteroatoms. The average molecular weight is 258 g/mol. The average Bonchev–Trinajstić information content (AvgIpc) is 2.30. The predicted molar refractivity (Wildman–Crippen MR) is 76.7 cm³/mol. The van der Waals surface area contributed by atoms with Gasteiger partial charge in [-0.1, -0.05) is 45.4 Å². The van der Waals surface area contributed by atoms with Gasteiger partial charge in [0.2, 0.25) is 0 Å². The highest BCUT2D eigenvalue weighted by atomic mass is 16.4. The van der Waals surface area contributed by atoms with Crippen LogP contribution in [0, 0.1) is 0 Å². The van der Waals surface area contributed by atoms with Crippen molar-refractivity contribution >= 4 is 5.97 Å². The van der Waals surface area contributed by atoms with Crippen molar-refractivity contribution in [3.8, 4) is 0 Å². The summed E-state index contributed by atoms with van der Waals surface area (Å²) in [4.78, 5) is 10.5. The standard InChI is InChI=1S/C15H31NO2/c1-4-5-6-7-8-9-10-11-13-16(2,3)14-12-15(17)18/h4-14H2,1-3H3/p+1. The van der Waals surface area contributed by atoms with Gasteiger partial charge in [0.05, 0.1) is 33.6 Å². The first-order valence-electron chi connectivity index (χ1n) is 7.52. The number of quaternary nitrogens is 1. The Labute approximate surface area is 113 Å². The molecule has 0 aromatic carbocycles. The number of carboxylic acids is 1. The number of aliphatic carboxylic acids is 1. The van der Waals surface area contributed by atoms with Crippen LogP contribution in [-0.4, -0.2) is 42.7 Å². The third-order valence-electron chi connectivity index (χ3n) is 3.55. The molecule has 0 spiro atoms. The lowest BCUT2D eigenvalue weighted by molar-refractivity contribution is -0.890. The van der Waals surface area contributed by atoms with Crippen molar-refractivity contribution in [2.24, 2.45) is 0 Å². The molecule has 0 aliphatic rings. The van der Waals surface area contributed by atoms with Crippen molar-refractivity contribution in [3.05, 3.63) is 0 Å². The summed E-state index contributed by atoms with van der Waals surface area (Å²) in [6.45, 7) is 4.09. The molecule has 0 amide bonds. The topological polar surface area (TPSA) is 37.3 Å². The van der Waals surface area contributed by atoms with Gasteiger partial charge >= 0.3 is 5.97 Å². The van der Waals surface area contributed by atoms with Crippen molar-refractivity contribution in [3.63, 3.8) is 0 Å². The van der Waals surface area contributed by atoms with Crippen molar-refractivity contribution in [2.75, 3.05) is 27.2 Å². The molecule has 0 aliphatic heterocycles. The molecule has 18 heavy (non-hydrogen) atoms. The number of carbonyl (C=O) groups is 1. The normalized spacial score (nSPS) is 11.7. The van der Waals surface area contributed by atoms with Gasteiger partial charge in [-0.25, -0.2) is 0 Å². The van der Waals surface area contributed by atoms with Crippen LogP contribution in [0.1, 0.15) is 64.7 Å². The maximum absolute atomic E-state index is 10.5. The molecule has 0 aromatic heterocycles. The smallest absolute Gasteiger partial charge is 0.309 e. The van der Waals surface area contributed by atoms with Crippen LogP contribution in [0.4, 0.5) is 0 Å². The van der Waals surface area contributed by atoms with Gasteiger partial charge in [0, 0.05) is 0 Å². The Morgan fingerprint density at radius 3 is 1.89 bits per heavy atom. The second-order valence-electron chi connectivity index (χ2n) is 6.00. The van der Waals surface area contributed by atoms with E-state index in [9.17, 15) is 4.79 Å². The van der Waals surface area contributed by atoms with Crippen molar-refractivity contribution in [1.29, 1.82) is 0 Å². The van der Waals surface area contributed by atoms with E-state index in [2.05, 4.69) is 21.0 Å². The number of rotatable bonds is 12. The maximum atomic E-state index is 10.5. The van der Waals surface area contributed by atoms with Crippen molar-refractivity contribution in [1.82, 2.24) is 0 Å². The molecule has 0 bridgehead atoms. The van der Waals surface area contributed by atoms with Crippen LogP contribution in [-0.2, 0) is 4.79 Å². The molecule has 0 rings (SSSR count). The molecule has 0 atom stereocenters. The van der Waals surface area contributed by atoms with E-state index < -0.39 is 5.97 Å². The van der Waals surface area contributed by atoms with Crippen molar-refractivity contribution < 1.29 is 14.4 Å². The molecule has 0 saturated carbocycles. The molecule has 0 saturated heterocycles. The summed E-state index contributed by atoms with van der Waals surface area (Å²) >= 11 is 0. The number of carboxylic acid groups (broad SMARTS) is 1. The molecule has 0 unspecified atom stereocenters. The molecule has 3 nitrogen and oxygen atoms in total. The van der Waals surface area contributed by atoms with Gasteiger partial charge in [0.25, 0.3) is 0 Å². The van der Waals surface area contributed by atoms with E-state index in [0.717, 1.165) is 17.6 Å². The Balaban J connectivity index is 3.38. The molecule has 0 radical (unpaired) electrons. The lowest BCUT2D eigenvalue weighted by Gasteiger charge is -2.29. The van der Waals surface area contributed by atoms with E-state index in [1.807, 2.05) is 0 Å². The van der Waals surface area contributed by atoms with Crippen LogP contribution in [0.15, 0.2) is 0 Å². The molecule has 0 aliphatic carbocycles. The predicted octanol–water partition coefficient (Wildman–Crippen LogP) is 3.68. The first-order chi connectivity index (χ1) is 8.48. The highest BCUT2D eigenvalue weighted by Crippen LogP contribution is 2.10. The lowest BCUT2D eigenvalue weighted by Crippen LogP contribution is -2.42. The molecular formula is C15H32NO2+.